The van der Waals surface area contributed by atoms with Crippen LogP contribution in [0.15, 0.2) is 0 Å². The summed E-state index contributed by atoms with van der Waals surface area (Å²) in [7, 11) is 0. The third-order valence-electron chi connectivity index (χ3n) is 2.87. The molecule has 0 radical (unpaired) electrons. The quantitative estimate of drug-likeness (QED) is 0.694. The van der Waals surface area contributed by atoms with Crippen LogP contribution in [0.3, 0.4) is 0 Å². The number of hydrogen-bond donors (Lipinski definition) is 2. The van der Waals surface area contributed by atoms with Gasteiger partial charge in [-0.1, -0.05) is 0 Å². The maximum Gasteiger partial charge on any atom is 0.0698 e. The lowest BCUT2D eigenvalue weighted by Crippen LogP contribution is -2.26. The molecule has 2 rings (SSSR count). The summed E-state index contributed by atoms with van der Waals surface area (Å²) in [6.07, 6.45) is 2.64. The second-order valence-corrected chi connectivity index (χ2v) is 4.06. The van der Waals surface area contributed by atoms with Gasteiger partial charge in [-0.05, 0) is 26.7 Å². The maximum absolute atomic E-state index is 5.55. The molecule has 0 bridgehead atoms. The zero-order valence-corrected chi connectivity index (χ0v) is 11.6. The monoisotopic (exact) mass is 274 g/mol. The molecule has 0 saturated carbocycles. The first-order valence-electron chi connectivity index (χ1n) is 5.35. The first kappa shape index (κ1) is 18.8. The van der Waals surface area contributed by atoms with Gasteiger partial charge in [-0.25, -0.2) is 0 Å². The second-order valence-electron chi connectivity index (χ2n) is 4.06. The average molecular weight is 275 g/mol. The van der Waals surface area contributed by atoms with E-state index in [0.29, 0.717) is 24.3 Å². The standard InChI is InChI=1S/2C5H11NO.2ClH/c2*1-4-5(6)2-3-7-4;;/h2*4-5H,2-3,6H2,1H3;2*1H/t2*4-,5+;;/m10../s1. The van der Waals surface area contributed by atoms with Crippen LogP contribution in [0.4, 0.5) is 0 Å². The minimum absolute atomic E-state index is 0. The van der Waals surface area contributed by atoms with Crippen LogP contribution in [0, 0.1) is 0 Å². The van der Waals surface area contributed by atoms with Gasteiger partial charge in [0.15, 0.2) is 0 Å². The number of hydrogen-bond acceptors (Lipinski definition) is 4. The van der Waals surface area contributed by atoms with E-state index >= 15 is 0 Å². The van der Waals surface area contributed by atoms with Gasteiger partial charge in [-0.3, -0.25) is 0 Å². The second kappa shape index (κ2) is 9.45. The highest BCUT2D eigenvalue weighted by Gasteiger charge is 2.19. The molecule has 0 unspecified atom stereocenters. The van der Waals surface area contributed by atoms with Crippen molar-refractivity contribution in [2.45, 2.75) is 51.0 Å². The summed E-state index contributed by atoms with van der Waals surface area (Å²) in [5.41, 5.74) is 11.1. The molecule has 0 aromatic heterocycles. The SMILES string of the molecule is C[C@@H]1OCC[C@H]1N.C[C@H]1OCC[C@@H]1N.Cl.Cl. The van der Waals surface area contributed by atoms with Gasteiger partial charge in [-0.15, -0.1) is 24.8 Å². The van der Waals surface area contributed by atoms with Gasteiger partial charge >= 0.3 is 0 Å². The maximum atomic E-state index is 5.55. The zero-order chi connectivity index (χ0) is 10.6. The molecule has 2 aliphatic rings. The van der Waals surface area contributed by atoms with Crippen molar-refractivity contribution in [3.63, 3.8) is 0 Å². The molecule has 4 nitrogen and oxygen atoms in total. The normalized spacial score (nSPS) is 36.8. The van der Waals surface area contributed by atoms with Crippen LogP contribution >= 0.6 is 24.8 Å². The van der Waals surface area contributed by atoms with E-state index in [0.717, 1.165) is 26.1 Å². The molecule has 16 heavy (non-hydrogen) atoms. The van der Waals surface area contributed by atoms with Crippen molar-refractivity contribution in [1.82, 2.24) is 0 Å². The van der Waals surface area contributed by atoms with E-state index in [2.05, 4.69) is 0 Å². The summed E-state index contributed by atoms with van der Waals surface area (Å²) >= 11 is 0. The van der Waals surface area contributed by atoms with Gasteiger partial charge in [0.2, 0.25) is 0 Å². The molecule has 4 atom stereocenters. The molecule has 2 saturated heterocycles. The van der Waals surface area contributed by atoms with E-state index in [1.165, 1.54) is 0 Å². The van der Waals surface area contributed by atoms with Crippen molar-refractivity contribution in [3.05, 3.63) is 0 Å². The molecular formula is C10H24Cl2N2O2. The van der Waals surface area contributed by atoms with E-state index in [1.54, 1.807) is 0 Å². The highest BCUT2D eigenvalue weighted by Crippen LogP contribution is 2.09. The molecule has 0 aromatic rings. The highest BCUT2D eigenvalue weighted by molar-refractivity contribution is 5.85. The van der Waals surface area contributed by atoms with Crippen LogP contribution < -0.4 is 11.5 Å². The van der Waals surface area contributed by atoms with Gasteiger partial charge < -0.3 is 20.9 Å². The van der Waals surface area contributed by atoms with E-state index < -0.39 is 0 Å². The van der Waals surface area contributed by atoms with Crippen LogP contribution in [0.5, 0.6) is 0 Å². The molecule has 0 aliphatic carbocycles. The largest absolute Gasteiger partial charge is 0.377 e. The van der Waals surface area contributed by atoms with Crippen LogP contribution in [0.1, 0.15) is 26.7 Å². The van der Waals surface area contributed by atoms with E-state index in [4.69, 9.17) is 20.9 Å². The third kappa shape index (κ3) is 6.23. The smallest absolute Gasteiger partial charge is 0.0698 e. The van der Waals surface area contributed by atoms with Crippen LogP contribution in [-0.2, 0) is 9.47 Å². The minimum atomic E-state index is 0. The van der Waals surface area contributed by atoms with Crippen LogP contribution in [0.25, 0.3) is 0 Å². The Morgan fingerprint density at radius 2 is 1.12 bits per heavy atom. The fraction of sp³-hybridized carbons (Fsp3) is 1.00. The van der Waals surface area contributed by atoms with Crippen molar-refractivity contribution in [3.8, 4) is 0 Å². The molecular weight excluding hydrogens is 251 g/mol. The Hall–Kier alpha value is 0.420. The Balaban J connectivity index is 0. The van der Waals surface area contributed by atoms with Crippen molar-refractivity contribution in [2.24, 2.45) is 11.5 Å². The Kier molecular flexibility index (Phi) is 11.1. The minimum Gasteiger partial charge on any atom is -0.377 e. The lowest BCUT2D eigenvalue weighted by molar-refractivity contribution is 0.119. The first-order chi connectivity index (χ1) is 6.61. The molecule has 0 aromatic carbocycles. The van der Waals surface area contributed by atoms with Crippen molar-refractivity contribution in [1.29, 1.82) is 0 Å². The van der Waals surface area contributed by atoms with Gasteiger partial charge in [0.25, 0.3) is 0 Å². The topological polar surface area (TPSA) is 70.5 Å². The average Bonchev–Trinajstić information content (AvgIpc) is 2.67. The molecule has 0 spiro atoms. The summed E-state index contributed by atoms with van der Waals surface area (Å²) in [5, 5.41) is 0. The molecule has 2 heterocycles. The van der Waals surface area contributed by atoms with Crippen LogP contribution in [0.2, 0.25) is 0 Å². The Bertz CT molecular complexity index is 141. The van der Waals surface area contributed by atoms with Gasteiger partial charge in [0.1, 0.15) is 0 Å². The summed E-state index contributed by atoms with van der Waals surface area (Å²) in [4.78, 5) is 0. The number of nitrogens with two attached hydrogens (primary N) is 2. The predicted molar refractivity (Wildman–Crippen MR) is 70.5 cm³/mol. The number of ether oxygens (including phenoxy) is 2. The van der Waals surface area contributed by atoms with E-state index in [9.17, 15) is 0 Å². The molecule has 0 amide bonds. The Labute approximate surface area is 110 Å². The first-order valence-corrected chi connectivity index (χ1v) is 5.35. The Morgan fingerprint density at radius 1 is 0.812 bits per heavy atom. The lowest BCUT2D eigenvalue weighted by Gasteiger charge is -2.04. The lowest BCUT2D eigenvalue weighted by atomic mass is 10.2. The summed E-state index contributed by atoms with van der Waals surface area (Å²) < 4.78 is 10.3. The highest BCUT2D eigenvalue weighted by atomic mass is 35.5. The molecule has 100 valence electrons. The zero-order valence-electron chi connectivity index (χ0n) is 9.93. The number of halogens is 2. The van der Waals surface area contributed by atoms with Gasteiger partial charge in [0.05, 0.1) is 12.2 Å². The fourth-order valence-corrected chi connectivity index (χ4v) is 1.50. The summed E-state index contributed by atoms with van der Waals surface area (Å²) in [6, 6.07) is 0.583. The summed E-state index contributed by atoms with van der Waals surface area (Å²) in [5.74, 6) is 0. The van der Waals surface area contributed by atoms with Gasteiger partial charge in [0, 0.05) is 25.3 Å². The molecule has 6 heteroatoms. The predicted octanol–water partition coefficient (Wildman–Crippen LogP) is 1.09. The molecule has 2 fully saturated rings. The van der Waals surface area contributed by atoms with Crippen molar-refractivity contribution in [2.75, 3.05) is 13.2 Å². The van der Waals surface area contributed by atoms with Gasteiger partial charge in [-0.2, -0.15) is 0 Å². The van der Waals surface area contributed by atoms with Crippen LogP contribution in [-0.4, -0.2) is 37.5 Å². The van der Waals surface area contributed by atoms with Crippen molar-refractivity contribution < 1.29 is 9.47 Å². The third-order valence-corrected chi connectivity index (χ3v) is 2.87. The Morgan fingerprint density at radius 3 is 1.19 bits per heavy atom. The van der Waals surface area contributed by atoms with E-state index in [-0.39, 0.29) is 24.8 Å². The van der Waals surface area contributed by atoms with E-state index in [1.807, 2.05) is 13.8 Å². The number of rotatable bonds is 0. The molecule has 2 aliphatic heterocycles. The molecule has 4 N–H and O–H groups in total. The fourth-order valence-electron chi connectivity index (χ4n) is 1.50. The van der Waals surface area contributed by atoms with Crippen molar-refractivity contribution >= 4 is 24.8 Å². The summed E-state index contributed by atoms with van der Waals surface area (Å²) in [6.45, 7) is 5.72.